The number of nitrogens with zero attached hydrogens (tertiary/aromatic N) is 1. The molecule has 202 valence electrons. The summed E-state index contributed by atoms with van der Waals surface area (Å²) in [5, 5.41) is 5.75. The fourth-order valence-corrected chi connectivity index (χ4v) is 4.57. The lowest BCUT2D eigenvalue weighted by Gasteiger charge is -2.19. The van der Waals surface area contributed by atoms with Crippen LogP contribution in [0.1, 0.15) is 46.8 Å². The van der Waals surface area contributed by atoms with Crippen molar-refractivity contribution in [1.82, 2.24) is 0 Å². The summed E-state index contributed by atoms with van der Waals surface area (Å²) in [5.74, 6) is -0.641. The molecule has 0 aromatic heterocycles. The Labute approximate surface area is 232 Å². The summed E-state index contributed by atoms with van der Waals surface area (Å²) >= 11 is 6.36. The molecule has 0 unspecified atom stereocenters. The molecule has 39 heavy (non-hydrogen) atoms. The van der Waals surface area contributed by atoms with Gasteiger partial charge in [-0.1, -0.05) is 49.7 Å². The average molecular weight is 548 g/mol. The number of halogens is 1. The Hall–Kier alpha value is -4.30. The highest BCUT2D eigenvalue weighted by atomic mass is 35.5. The van der Waals surface area contributed by atoms with E-state index < -0.39 is 11.8 Å². The predicted molar refractivity (Wildman–Crippen MR) is 153 cm³/mol. The van der Waals surface area contributed by atoms with Crippen LogP contribution in [0.4, 0.5) is 17.1 Å². The molecule has 8 nitrogen and oxygen atoms in total. The van der Waals surface area contributed by atoms with E-state index in [1.165, 1.54) is 14.2 Å². The first-order chi connectivity index (χ1) is 18.6. The van der Waals surface area contributed by atoms with Crippen molar-refractivity contribution < 1.29 is 23.9 Å². The molecule has 0 spiro atoms. The molecular weight excluding hydrogens is 518 g/mol. The van der Waals surface area contributed by atoms with Gasteiger partial charge in [-0.25, -0.2) is 4.90 Å². The Kier molecular flexibility index (Phi) is 7.97. The zero-order valence-electron chi connectivity index (χ0n) is 22.6. The molecule has 1 aliphatic rings. The summed E-state index contributed by atoms with van der Waals surface area (Å²) in [6.45, 7) is 7.91. The van der Waals surface area contributed by atoms with Crippen molar-refractivity contribution >= 4 is 46.4 Å². The highest BCUT2D eigenvalue weighted by molar-refractivity contribution is 6.53. The van der Waals surface area contributed by atoms with Crippen LogP contribution in [-0.2, 0) is 9.59 Å². The maximum absolute atomic E-state index is 13.4. The number of rotatable bonds is 8. The minimum atomic E-state index is -0.694. The van der Waals surface area contributed by atoms with E-state index in [9.17, 15) is 14.4 Å². The normalized spacial score (nSPS) is 13.3. The van der Waals surface area contributed by atoms with Crippen LogP contribution in [0.5, 0.6) is 11.5 Å². The first-order valence-electron chi connectivity index (χ1n) is 12.4. The largest absolute Gasteiger partial charge is 0.497 e. The molecule has 3 aromatic carbocycles. The van der Waals surface area contributed by atoms with Crippen LogP contribution in [-0.4, -0.2) is 31.9 Å². The highest BCUT2D eigenvalue weighted by Crippen LogP contribution is 2.38. The van der Waals surface area contributed by atoms with E-state index in [1.54, 1.807) is 36.4 Å². The van der Waals surface area contributed by atoms with Gasteiger partial charge in [-0.15, -0.1) is 0 Å². The number of hydrogen-bond acceptors (Lipinski definition) is 6. The predicted octanol–water partition coefficient (Wildman–Crippen LogP) is 6.13. The topological polar surface area (TPSA) is 97.0 Å². The Morgan fingerprint density at radius 2 is 1.67 bits per heavy atom. The Morgan fingerprint density at radius 3 is 2.33 bits per heavy atom. The van der Waals surface area contributed by atoms with Crippen LogP contribution in [0, 0.1) is 13.8 Å². The second-order valence-electron chi connectivity index (χ2n) is 9.48. The van der Waals surface area contributed by atoms with Gasteiger partial charge in [0, 0.05) is 23.0 Å². The van der Waals surface area contributed by atoms with E-state index in [0.717, 1.165) is 27.3 Å². The van der Waals surface area contributed by atoms with Gasteiger partial charge in [0.2, 0.25) is 0 Å². The highest BCUT2D eigenvalue weighted by Gasteiger charge is 2.40. The molecule has 3 aromatic rings. The number of nitrogens with one attached hydrogen (secondary N) is 2. The molecule has 4 rings (SSSR count). The summed E-state index contributed by atoms with van der Waals surface area (Å²) in [4.78, 5) is 40.6. The molecule has 0 fully saturated rings. The minimum Gasteiger partial charge on any atom is -0.497 e. The molecule has 0 radical (unpaired) electrons. The van der Waals surface area contributed by atoms with E-state index in [2.05, 4.69) is 24.5 Å². The number of carbonyl (C=O) groups is 3. The summed E-state index contributed by atoms with van der Waals surface area (Å²) in [5.41, 5.74) is 4.50. The lowest BCUT2D eigenvalue weighted by atomic mass is 9.98. The summed E-state index contributed by atoms with van der Waals surface area (Å²) in [6.07, 6.45) is 0. The molecule has 1 heterocycles. The summed E-state index contributed by atoms with van der Waals surface area (Å²) in [6, 6.07) is 15.7. The van der Waals surface area contributed by atoms with Crippen LogP contribution in [0.3, 0.4) is 0 Å². The van der Waals surface area contributed by atoms with Crippen molar-refractivity contribution in [2.24, 2.45) is 0 Å². The molecule has 0 saturated heterocycles. The third kappa shape index (κ3) is 5.33. The minimum absolute atomic E-state index is 0.0961. The van der Waals surface area contributed by atoms with E-state index in [0.29, 0.717) is 17.0 Å². The van der Waals surface area contributed by atoms with Crippen LogP contribution >= 0.6 is 11.6 Å². The number of methoxy groups -OCH3 is 2. The molecule has 0 bridgehead atoms. The monoisotopic (exact) mass is 547 g/mol. The van der Waals surface area contributed by atoms with Gasteiger partial charge in [-0.3, -0.25) is 14.4 Å². The van der Waals surface area contributed by atoms with Gasteiger partial charge in [-0.05, 0) is 60.7 Å². The van der Waals surface area contributed by atoms with Crippen LogP contribution in [0.15, 0.2) is 65.3 Å². The van der Waals surface area contributed by atoms with E-state index in [4.69, 9.17) is 21.1 Å². The number of para-hydroxylation sites is 1. The second-order valence-corrected chi connectivity index (χ2v) is 9.85. The SMILES string of the molecule is COc1ccc(N2C(=O)C(Cl)=C(Nc3cc(C(=O)Nc4c(C)cccc4C(C)C)ccc3C)C2=O)c(OC)c1. The van der Waals surface area contributed by atoms with Gasteiger partial charge in [0.25, 0.3) is 17.7 Å². The van der Waals surface area contributed by atoms with Gasteiger partial charge in [0.15, 0.2) is 0 Å². The zero-order valence-corrected chi connectivity index (χ0v) is 23.4. The Balaban J connectivity index is 1.62. The summed E-state index contributed by atoms with van der Waals surface area (Å²) < 4.78 is 10.6. The fraction of sp³-hybridized carbons (Fsp3) is 0.233. The van der Waals surface area contributed by atoms with Crippen molar-refractivity contribution in [3.63, 3.8) is 0 Å². The van der Waals surface area contributed by atoms with Crippen LogP contribution in [0.2, 0.25) is 0 Å². The summed E-state index contributed by atoms with van der Waals surface area (Å²) in [7, 11) is 2.93. The quantitative estimate of drug-likeness (QED) is 0.329. The first-order valence-corrected chi connectivity index (χ1v) is 12.7. The van der Waals surface area contributed by atoms with Crippen molar-refractivity contribution in [2.75, 3.05) is 29.8 Å². The van der Waals surface area contributed by atoms with Crippen molar-refractivity contribution in [2.45, 2.75) is 33.6 Å². The average Bonchev–Trinajstić information content (AvgIpc) is 3.12. The number of carbonyl (C=O) groups excluding carboxylic acids is 3. The maximum atomic E-state index is 13.4. The van der Waals surface area contributed by atoms with Gasteiger partial charge >= 0.3 is 0 Å². The number of aryl methyl sites for hydroxylation is 2. The number of benzene rings is 3. The van der Waals surface area contributed by atoms with Gasteiger partial charge in [0.1, 0.15) is 22.2 Å². The molecule has 0 atom stereocenters. The number of hydrogen-bond donors (Lipinski definition) is 2. The maximum Gasteiger partial charge on any atom is 0.283 e. The molecule has 0 saturated carbocycles. The Morgan fingerprint density at radius 1 is 0.923 bits per heavy atom. The number of amides is 3. The molecular formula is C30H30ClN3O5. The molecule has 2 N–H and O–H groups in total. The van der Waals surface area contributed by atoms with E-state index in [1.807, 2.05) is 32.0 Å². The molecule has 0 aliphatic carbocycles. The van der Waals surface area contributed by atoms with Crippen molar-refractivity contribution in [3.8, 4) is 11.5 Å². The standard InChI is InChI=1S/C30H30ClN3O5/c1-16(2)21-9-7-8-18(4)26(21)33-28(35)19-11-10-17(3)22(14-19)32-27-25(31)29(36)34(30(27)37)23-13-12-20(38-5)15-24(23)39-6/h7-16,32H,1-6H3,(H,33,35). The van der Waals surface area contributed by atoms with Gasteiger partial charge in [-0.2, -0.15) is 0 Å². The smallest absolute Gasteiger partial charge is 0.283 e. The number of anilines is 3. The molecule has 3 amide bonds. The lowest BCUT2D eigenvalue weighted by molar-refractivity contribution is -0.120. The third-order valence-electron chi connectivity index (χ3n) is 6.58. The van der Waals surface area contributed by atoms with Crippen LogP contribution in [0.25, 0.3) is 0 Å². The first kappa shape index (κ1) is 27.7. The number of ether oxygens (including phenoxy) is 2. The van der Waals surface area contributed by atoms with Gasteiger partial charge in [0.05, 0.1) is 19.9 Å². The second kappa shape index (κ2) is 11.2. The van der Waals surface area contributed by atoms with Crippen molar-refractivity contribution in [3.05, 3.63) is 87.6 Å². The zero-order chi connectivity index (χ0) is 28.4. The molecule has 1 aliphatic heterocycles. The van der Waals surface area contributed by atoms with E-state index >= 15 is 0 Å². The van der Waals surface area contributed by atoms with E-state index in [-0.39, 0.29) is 34.0 Å². The lowest BCUT2D eigenvalue weighted by Crippen LogP contribution is -2.32. The van der Waals surface area contributed by atoms with Gasteiger partial charge < -0.3 is 20.1 Å². The number of imide groups is 1. The third-order valence-corrected chi connectivity index (χ3v) is 6.93. The fourth-order valence-electron chi connectivity index (χ4n) is 4.36. The van der Waals surface area contributed by atoms with Crippen LogP contribution < -0.4 is 25.0 Å². The Bertz CT molecular complexity index is 1510. The van der Waals surface area contributed by atoms with Crippen molar-refractivity contribution in [1.29, 1.82) is 0 Å². The molecule has 9 heteroatoms.